The Morgan fingerprint density at radius 2 is 1.84 bits per heavy atom. The molecule has 1 aliphatic heterocycles. The number of carbonyl (C=O) groups excluding carboxylic acids is 2. The average Bonchev–Trinajstić information content (AvgIpc) is 2.28. The van der Waals surface area contributed by atoms with E-state index >= 15 is 0 Å². The summed E-state index contributed by atoms with van der Waals surface area (Å²) in [6.45, 7) is 7.83. The maximum atomic E-state index is 11.2. The lowest BCUT2D eigenvalue weighted by Crippen LogP contribution is -2.51. The van der Waals surface area contributed by atoms with Crippen molar-refractivity contribution < 1.29 is 29.9 Å². The number of hydrogen-bond acceptors (Lipinski definition) is 6. The van der Waals surface area contributed by atoms with Gasteiger partial charge in [0.2, 0.25) is 0 Å². The maximum absolute atomic E-state index is 11.2. The van der Waals surface area contributed by atoms with Crippen molar-refractivity contribution in [1.29, 1.82) is 0 Å². The van der Waals surface area contributed by atoms with E-state index in [1.54, 1.807) is 6.92 Å². The topological polar surface area (TPSA) is 71.1 Å². The van der Waals surface area contributed by atoms with Gasteiger partial charge in [-0.2, -0.15) is 0 Å². The van der Waals surface area contributed by atoms with Crippen LogP contribution in [-0.4, -0.2) is 42.6 Å². The van der Waals surface area contributed by atoms with Crippen LogP contribution in [0.5, 0.6) is 0 Å². The monoisotopic (exact) mass is 275 g/mol. The fourth-order valence-corrected chi connectivity index (χ4v) is 1.86. The van der Waals surface area contributed by atoms with Crippen LogP contribution in [0.15, 0.2) is 0 Å². The van der Waals surface area contributed by atoms with Crippen molar-refractivity contribution in [3.8, 4) is 0 Å². The molecule has 0 spiro atoms. The molecule has 0 aromatic heterocycles. The standard InChI is InChI=1S/C13H22O6/c1-7(2)16-12-6-11(18-9(4)14)13(8(3)17-12)19-10(5)15/h7-8,11-13H,6H2,1-5H3/t8-,11-,12-,13-/m0/s1/i6D/t6-,8+,11+,12+,13+/m1. The fourth-order valence-electron chi connectivity index (χ4n) is 1.86. The second kappa shape index (κ2) is 6.86. The minimum atomic E-state index is -0.984. The van der Waals surface area contributed by atoms with Gasteiger partial charge in [0.25, 0.3) is 0 Å². The van der Waals surface area contributed by atoms with Crippen LogP contribution in [0.3, 0.4) is 0 Å². The smallest absolute Gasteiger partial charge is 0.303 e. The lowest BCUT2D eigenvalue weighted by molar-refractivity contribution is -0.263. The molecule has 0 N–H and O–H groups in total. The lowest BCUT2D eigenvalue weighted by Gasteiger charge is -2.39. The van der Waals surface area contributed by atoms with Gasteiger partial charge < -0.3 is 18.9 Å². The van der Waals surface area contributed by atoms with Gasteiger partial charge in [-0.1, -0.05) is 0 Å². The van der Waals surface area contributed by atoms with Gasteiger partial charge in [-0.3, -0.25) is 9.59 Å². The van der Waals surface area contributed by atoms with Crippen LogP contribution in [0.25, 0.3) is 0 Å². The lowest BCUT2D eigenvalue weighted by atomic mass is 10.0. The molecule has 110 valence electrons. The second-order valence-corrected chi connectivity index (χ2v) is 4.73. The van der Waals surface area contributed by atoms with E-state index < -0.39 is 42.9 Å². The predicted octanol–water partition coefficient (Wildman–Crippen LogP) is 1.41. The molecule has 1 heterocycles. The van der Waals surface area contributed by atoms with Crippen LogP contribution in [-0.2, 0) is 28.5 Å². The van der Waals surface area contributed by atoms with Crippen molar-refractivity contribution in [2.45, 2.75) is 71.7 Å². The highest BCUT2D eigenvalue weighted by molar-refractivity contribution is 5.67. The Morgan fingerprint density at radius 1 is 1.26 bits per heavy atom. The third kappa shape index (κ3) is 5.16. The normalized spacial score (nSPS) is 35.7. The number of rotatable bonds is 4. The van der Waals surface area contributed by atoms with E-state index in [1.807, 2.05) is 13.8 Å². The Morgan fingerprint density at radius 3 is 2.32 bits per heavy atom. The van der Waals surface area contributed by atoms with E-state index in [4.69, 9.17) is 20.3 Å². The van der Waals surface area contributed by atoms with Gasteiger partial charge in [-0.05, 0) is 20.8 Å². The molecule has 0 bridgehead atoms. The molecule has 1 aliphatic rings. The summed E-state index contributed by atoms with van der Waals surface area (Å²) in [7, 11) is 0. The average molecular weight is 275 g/mol. The summed E-state index contributed by atoms with van der Waals surface area (Å²) >= 11 is 0. The van der Waals surface area contributed by atoms with Gasteiger partial charge in [0.05, 0.1) is 12.2 Å². The Hall–Kier alpha value is -1.14. The number of esters is 2. The van der Waals surface area contributed by atoms with Gasteiger partial charge in [-0.15, -0.1) is 0 Å². The van der Waals surface area contributed by atoms with E-state index in [0.29, 0.717) is 0 Å². The fraction of sp³-hybridized carbons (Fsp3) is 0.846. The minimum Gasteiger partial charge on any atom is -0.458 e. The molecule has 19 heavy (non-hydrogen) atoms. The van der Waals surface area contributed by atoms with E-state index in [-0.39, 0.29) is 6.10 Å². The molecule has 0 radical (unpaired) electrons. The van der Waals surface area contributed by atoms with E-state index in [1.165, 1.54) is 13.8 Å². The van der Waals surface area contributed by atoms with Crippen molar-refractivity contribution in [3.05, 3.63) is 0 Å². The molecule has 6 heteroatoms. The van der Waals surface area contributed by atoms with Gasteiger partial charge in [-0.25, -0.2) is 0 Å². The van der Waals surface area contributed by atoms with Crippen LogP contribution in [0.4, 0.5) is 0 Å². The molecule has 0 saturated carbocycles. The van der Waals surface area contributed by atoms with Gasteiger partial charge in [0.1, 0.15) is 6.10 Å². The van der Waals surface area contributed by atoms with Gasteiger partial charge in [0.15, 0.2) is 12.4 Å². The maximum Gasteiger partial charge on any atom is 0.303 e. The minimum absolute atomic E-state index is 0.136. The highest BCUT2D eigenvalue weighted by Gasteiger charge is 2.41. The first-order valence-electron chi connectivity index (χ1n) is 6.87. The molecular weight excluding hydrogens is 252 g/mol. The zero-order valence-electron chi connectivity index (χ0n) is 12.9. The zero-order chi connectivity index (χ0) is 15.4. The molecule has 0 amide bonds. The summed E-state index contributed by atoms with van der Waals surface area (Å²) in [5.41, 5.74) is 0. The molecule has 1 saturated heterocycles. The first-order chi connectivity index (χ1) is 9.22. The molecule has 1 fully saturated rings. The third-order valence-corrected chi connectivity index (χ3v) is 2.49. The van der Waals surface area contributed by atoms with E-state index in [2.05, 4.69) is 0 Å². The zero-order valence-corrected chi connectivity index (χ0v) is 11.9. The summed E-state index contributed by atoms with van der Waals surface area (Å²) < 4.78 is 29.4. The number of hydrogen-bond donors (Lipinski definition) is 0. The molecule has 5 atom stereocenters. The van der Waals surface area contributed by atoms with Gasteiger partial charge in [0, 0.05) is 21.6 Å². The summed E-state index contributed by atoms with van der Waals surface area (Å²) in [5, 5.41) is 0. The van der Waals surface area contributed by atoms with Crippen LogP contribution in [0.1, 0.15) is 42.4 Å². The van der Waals surface area contributed by atoms with Crippen molar-refractivity contribution in [2.24, 2.45) is 0 Å². The molecule has 0 aromatic rings. The third-order valence-electron chi connectivity index (χ3n) is 2.49. The molecule has 0 aromatic carbocycles. The summed E-state index contributed by atoms with van der Waals surface area (Å²) in [5.74, 6) is -1.06. The van der Waals surface area contributed by atoms with Gasteiger partial charge >= 0.3 is 11.9 Å². The largest absolute Gasteiger partial charge is 0.458 e. The molecular formula is C13H22O6. The van der Waals surface area contributed by atoms with E-state index in [9.17, 15) is 9.59 Å². The van der Waals surface area contributed by atoms with Crippen LogP contribution in [0.2, 0.25) is 0 Å². The van der Waals surface area contributed by atoms with Crippen LogP contribution >= 0.6 is 0 Å². The first kappa shape index (κ1) is 14.3. The first-order valence-corrected chi connectivity index (χ1v) is 6.30. The Balaban J connectivity index is 2.90. The van der Waals surface area contributed by atoms with Crippen molar-refractivity contribution >= 4 is 11.9 Å². The summed E-state index contributed by atoms with van der Waals surface area (Å²) in [4.78, 5) is 22.3. The molecule has 1 rings (SSSR count). The Kier molecular flexibility index (Phi) is 5.15. The SMILES string of the molecule is [2H][C@H]1[C@@H](OC(C)C)O[C@@H](C)[C@H](OC(C)=O)[C@H]1OC(C)=O. The quantitative estimate of drug-likeness (QED) is 0.722. The Bertz CT molecular complexity index is 359. The summed E-state index contributed by atoms with van der Waals surface area (Å²) in [6.07, 6.45) is -4.21. The molecule has 0 unspecified atom stereocenters. The van der Waals surface area contributed by atoms with Crippen molar-refractivity contribution in [3.63, 3.8) is 0 Å². The Labute approximate surface area is 114 Å². The van der Waals surface area contributed by atoms with Crippen molar-refractivity contribution in [1.82, 2.24) is 0 Å². The molecule has 6 nitrogen and oxygen atoms in total. The second-order valence-electron chi connectivity index (χ2n) is 4.73. The molecule has 0 aliphatic carbocycles. The van der Waals surface area contributed by atoms with Crippen LogP contribution < -0.4 is 0 Å². The summed E-state index contributed by atoms with van der Waals surface area (Å²) in [6, 6.07) is 0. The number of ether oxygens (including phenoxy) is 4. The van der Waals surface area contributed by atoms with Crippen molar-refractivity contribution in [2.75, 3.05) is 0 Å². The highest BCUT2D eigenvalue weighted by atomic mass is 16.7. The number of carbonyl (C=O) groups is 2. The highest BCUT2D eigenvalue weighted by Crippen LogP contribution is 2.26. The van der Waals surface area contributed by atoms with E-state index in [0.717, 1.165) is 0 Å². The predicted molar refractivity (Wildman–Crippen MR) is 66.3 cm³/mol. The van der Waals surface area contributed by atoms with Crippen LogP contribution in [0, 0.1) is 0 Å².